The molecule has 0 aliphatic heterocycles. The lowest BCUT2D eigenvalue weighted by Crippen LogP contribution is -2.43. The average molecular weight is 495 g/mol. The number of aromatic hydroxyl groups is 1. The van der Waals surface area contributed by atoms with Crippen LogP contribution in [-0.2, 0) is 15.3 Å². The van der Waals surface area contributed by atoms with Crippen molar-refractivity contribution < 1.29 is 14.6 Å². The summed E-state index contributed by atoms with van der Waals surface area (Å²) in [6, 6.07) is 7.47. The summed E-state index contributed by atoms with van der Waals surface area (Å²) in [6.45, 7) is 16.4. The lowest BCUT2D eigenvalue weighted by molar-refractivity contribution is -0.140. The van der Waals surface area contributed by atoms with Gasteiger partial charge in [-0.3, -0.25) is 4.79 Å². The van der Waals surface area contributed by atoms with Gasteiger partial charge >= 0.3 is 5.97 Å². The monoisotopic (exact) mass is 494 g/mol. The van der Waals surface area contributed by atoms with Gasteiger partial charge in [-0.25, -0.2) is 10.0 Å². The van der Waals surface area contributed by atoms with Crippen LogP contribution in [-0.4, -0.2) is 32.9 Å². The van der Waals surface area contributed by atoms with Crippen LogP contribution in [0.15, 0.2) is 24.3 Å². The van der Waals surface area contributed by atoms with E-state index in [9.17, 15) is 9.90 Å². The highest BCUT2D eigenvalue weighted by atomic mass is 32.3. The Balaban J connectivity index is 2.51. The number of rotatable bonds is 16. The molecule has 0 fully saturated rings. The van der Waals surface area contributed by atoms with Crippen molar-refractivity contribution in [2.24, 2.45) is 0 Å². The maximum Gasteiger partial charge on any atom is 0.314 e. The summed E-state index contributed by atoms with van der Waals surface area (Å²) in [4.78, 5) is 13.0. The third-order valence-electron chi connectivity index (χ3n) is 7.07. The first-order valence-electron chi connectivity index (χ1n) is 13.6. The number of ether oxygens (including phenoxy) is 1. The molecule has 0 atom stereocenters. The summed E-state index contributed by atoms with van der Waals surface area (Å²) < 4.78 is 5.74. The van der Waals surface area contributed by atoms with Gasteiger partial charge in [-0.1, -0.05) is 125 Å². The van der Waals surface area contributed by atoms with Crippen LogP contribution in [0.25, 0.3) is 0 Å². The van der Waals surface area contributed by atoms with E-state index in [1.54, 1.807) is 12.1 Å². The van der Waals surface area contributed by atoms with Gasteiger partial charge in [0.1, 0.15) is 5.75 Å². The fraction of sp³-hybridized carbons (Fsp3) is 0.767. The second-order valence-corrected chi connectivity index (χ2v) is 16.6. The van der Waals surface area contributed by atoms with Crippen LogP contribution < -0.4 is 0 Å². The van der Waals surface area contributed by atoms with Crippen LogP contribution >= 0.6 is 10.0 Å². The zero-order valence-corrected chi connectivity index (χ0v) is 24.2. The molecule has 1 rings (SSSR count). The Bertz CT molecular complexity index is 668. The molecule has 1 N–H and O–H groups in total. The van der Waals surface area contributed by atoms with Crippen molar-refractivity contribution in [3.05, 3.63) is 29.8 Å². The molecule has 0 saturated heterocycles. The van der Waals surface area contributed by atoms with Crippen molar-refractivity contribution in [3.63, 3.8) is 0 Å². The molecule has 0 aliphatic rings. The predicted molar refractivity (Wildman–Crippen MR) is 151 cm³/mol. The number of carbonyl (C=O) groups is 1. The molecule has 0 bridgehead atoms. The average Bonchev–Trinajstić information content (AvgIpc) is 2.74. The van der Waals surface area contributed by atoms with Gasteiger partial charge in [0, 0.05) is 5.75 Å². The molecule has 0 amide bonds. The van der Waals surface area contributed by atoms with E-state index in [2.05, 4.69) is 48.5 Å². The number of phenols is 1. The van der Waals surface area contributed by atoms with E-state index < -0.39 is 10.0 Å². The molecule has 4 heteroatoms. The van der Waals surface area contributed by atoms with Gasteiger partial charge in [0.05, 0.1) is 12.4 Å². The van der Waals surface area contributed by atoms with Crippen LogP contribution in [0.2, 0.25) is 0 Å². The smallest absolute Gasteiger partial charge is 0.314 e. The molecule has 1 aromatic carbocycles. The highest BCUT2D eigenvalue weighted by molar-refractivity contribution is 8.35. The molecule has 0 aromatic heterocycles. The molecule has 0 radical (unpaired) electrons. The van der Waals surface area contributed by atoms with Gasteiger partial charge in [0.2, 0.25) is 0 Å². The van der Waals surface area contributed by atoms with Gasteiger partial charge in [-0.2, -0.15) is 0 Å². The van der Waals surface area contributed by atoms with Gasteiger partial charge in [0.25, 0.3) is 0 Å². The van der Waals surface area contributed by atoms with E-state index in [4.69, 9.17) is 4.74 Å². The Morgan fingerprint density at radius 2 is 1.21 bits per heavy atom. The third kappa shape index (κ3) is 10.6. The van der Waals surface area contributed by atoms with Crippen LogP contribution in [0, 0.1) is 0 Å². The molecule has 3 nitrogen and oxygen atoms in total. The fourth-order valence-corrected chi connectivity index (χ4v) is 9.83. The minimum atomic E-state index is -1.42. The quantitative estimate of drug-likeness (QED) is 0.184. The number of carbonyl (C=O) groups excluding carboxylic acids is 1. The summed E-state index contributed by atoms with van der Waals surface area (Å²) >= 11 is 0. The van der Waals surface area contributed by atoms with Crippen molar-refractivity contribution in [3.8, 4) is 5.75 Å². The summed E-state index contributed by atoms with van der Waals surface area (Å²) in [5.74, 6) is 1.57. The van der Waals surface area contributed by atoms with Gasteiger partial charge < -0.3 is 9.84 Å². The van der Waals surface area contributed by atoms with E-state index >= 15 is 0 Å². The van der Waals surface area contributed by atoms with Gasteiger partial charge in [0.15, 0.2) is 0 Å². The molecule has 1 aromatic rings. The minimum Gasteiger partial charge on any atom is -0.508 e. The first-order chi connectivity index (χ1) is 15.9. The second kappa shape index (κ2) is 15.1. The van der Waals surface area contributed by atoms with E-state index in [1.165, 1.54) is 63.4 Å². The third-order valence-corrected chi connectivity index (χ3v) is 13.3. The Kier molecular flexibility index (Phi) is 13.7. The fourth-order valence-electron chi connectivity index (χ4n) is 4.91. The van der Waals surface area contributed by atoms with Crippen molar-refractivity contribution >= 4 is 16.0 Å². The van der Waals surface area contributed by atoms with E-state index in [0.717, 1.165) is 18.6 Å². The first kappa shape index (κ1) is 30.9. The van der Waals surface area contributed by atoms with E-state index in [1.807, 2.05) is 12.1 Å². The van der Waals surface area contributed by atoms with Crippen LogP contribution in [0.4, 0.5) is 0 Å². The number of hydrogen-bond donors (Lipinski definition) is 1. The second-order valence-electron chi connectivity index (χ2n) is 11.8. The summed E-state index contributed by atoms with van der Waals surface area (Å²) in [5, 5.41) is 9.69. The molecule has 34 heavy (non-hydrogen) atoms. The van der Waals surface area contributed by atoms with Crippen molar-refractivity contribution in [2.45, 2.75) is 134 Å². The lowest BCUT2D eigenvalue weighted by Gasteiger charge is -2.59. The Morgan fingerprint density at radius 3 is 1.65 bits per heavy atom. The minimum absolute atomic E-state index is 0.0152. The number of hydrogen-bond acceptors (Lipinski definition) is 3. The summed E-state index contributed by atoms with van der Waals surface area (Å²) in [6.07, 6.45) is 14.2. The SMILES string of the molecule is CCCCCCCCCCCCCOC(=O)CS(Cc1ccc(O)cc1)(C(C)(C)C)C(C)(C)C. The van der Waals surface area contributed by atoms with Gasteiger partial charge in [-0.15, -0.1) is 0 Å². The lowest BCUT2D eigenvalue weighted by atomic mass is 10.1. The molecule has 0 saturated carbocycles. The van der Waals surface area contributed by atoms with Crippen LogP contribution in [0.1, 0.15) is 125 Å². The van der Waals surface area contributed by atoms with Crippen LogP contribution in [0.3, 0.4) is 0 Å². The Hall–Kier alpha value is -1.16. The summed E-state index contributed by atoms with van der Waals surface area (Å²) in [7, 11) is -1.42. The first-order valence-corrected chi connectivity index (χ1v) is 15.6. The predicted octanol–water partition coefficient (Wildman–Crippen LogP) is 9.15. The largest absolute Gasteiger partial charge is 0.508 e. The van der Waals surface area contributed by atoms with E-state index in [-0.39, 0.29) is 21.2 Å². The molecule has 198 valence electrons. The van der Waals surface area contributed by atoms with E-state index in [0.29, 0.717) is 12.4 Å². The standard InChI is InChI=1S/C30H54O3S/c1-8-9-10-11-12-13-14-15-16-17-18-23-33-28(32)25-34(29(2,3)4,30(5,6)7)24-26-19-21-27(31)22-20-26/h19-22,31H,8-18,23-25H2,1-7H3. The van der Waals surface area contributed by atoms with Crippen LogP contribution in [0.5, 0.6) is 5.75 Å². The van der Waals surface area contributed by atoms with Crippen molar-refractivity contribution in [1.29, 1.82) is 0 Å². The Labute approximate surface area is 212 Å². The van der Waals surface area contributed by atoms with Crippen molar-refractivity contribution in [1.82, 2.24) is 0 Å². The van der Waals surface area contributed by atoms with Gasteiger partial charge in [-0.05, 0) is 33.6 Å². The zero-order valence-electron chi connectivity index (χ0n) is 23.4. The molecule has 0 spiro atoms. The maximum atomic E-state index is 13.0. The molecular formula is C30H54O3S. The zero-order chi connectivity index (χ0) is 25.7. The maximum absolute atomic E-state index is 13.0. The number of esters is 1. The molecular weight excluding hydrogens is 440 g/mol. The number of unbranched alkanes of at least 4 members (excludes halogenated alkanes) is 10. The Morgan fingerprint density at radius 1 is 0.765 bits per heavy atom. The normalized spacial score (nSPS) is 13.1. The highest BCUT2D eigenvalue weighted by Gasteiger charge is 2.47. The van der Waals surface area contributed by atoms with Crippen molar-refractivity contribution in [2.75, 3.05) is 12.4 Å². The molecule has 0 unspecified atom stereocenters. The number of phenolic OH excluding ortho intramolecular Hbond substituents is 1. The number of benzene rings is 1. The topological polar surface area (TPSA) is 46.5 Å². The molecule has 0 aliphatic carbocycles. The highest BCUT2D eigenvalue weighted by Crippen LogP contribution is 2.69. The summed E-state index contributed by atoms with van der Waals surface area (Å²) in [5.41, 5.74) is 1.18. The molecule has 0 heterocycles.